The summed E-state index contributed by atoms with van der Waals surface area (Å²) in [5.41, 5.74) is 1.88. The summed E-state index contributed by atoms with van der Waals surface area (Å²) in [6.07, 6.45) is 3.82. The van der Waals surface area contributed by atoms with E-state index < -0.39 is 0 Å². The first kappa shape index (κ1) is 11.9. The average molecular weight is 257 g/mol. The molecule has 3 rings (SSSR count). The number of ether oxygens (including phenoxy) is 1. The maximum absolute atomic E-state index is 11.9. The van der Waals surface area contributed by atoms with Crippen LogP contribution in [0, 0.1) is 0 Å². The predicted octanol–water partition coefficient (Wildman–Crippen LogP) is 1.51. The fourth-order valence-corrected chi connectivity index (χ4v) is 2.33. The topological polar surface area (TPSA) is 57.0 Å². The minimum absolute atomic E-state index is 0.131. The maximum Gasteiger partial charge on any atom is 0.276 e. The van der Waals surface area contributed by atoms with Crippen LogP contribution in [0.5, 0.6) is 5.75 Å². The van der Waals surface area contributed by atoms with Crippen LogP contribution in [0.3, 0.4) is 0 Å². The molecule has 1 aromatic carbocycles. The summed E-state index contributed by atoms with van der Waals surface area (Å²) in [4.78, 5) is 11.9. The molecule has 2 aromatic rings. The lowest BCUT2D eigenvalue weighted by molar-refractivity contribution is 0.317. The highest BCUT2D eigenvalue weighted by atomic mass is 16.5. The van der Waals surface area contributed by atoms with Gasteiger partial charge in [0.15, 0.2) is 0 Å². The van der Waals surface area contributed by atoms with Gasteiger partial charge in [0.05, 0.1) is 12.3 Å². The largest absolute Gasteiger partial charge is 0.494 e. The molecule has 0 bridgehead atoms. The van der Waals surface area contributed by atoms with Gasteiger partial charge in [-0.1, -0.05) is 6.92 Å². The van der Waals surface area contributed by atoms with Crippen LogP contribution in [-0.4, -0.2) is 21.4 Å². The Morgan fingerprint density at radius 1 is 1.37 bits per heavy atom. The van der Waals surface area contributed by atoms with Crippen LogP contribution in [-0.2, 0) is 12.8 Å². The Kier molecular flexibility index (Phi) is 3.03. The Morgan fingerprint density at radius 3 is 3.11 bits per heavy atom. The zero-order valence-electron chi connectivity index (χ0n) is 10.8. The second kappa shape index (κ2) is 4.84. The molecule has 0 fully saturated rings. The smallest absolute Gasteiger partial charge is 0.276 e. The molecule has 0 N–H and O–H groups in total. The van der Waals surface area contributed by atoms with Gasteiger partial charge in [-0.15, -0.1) is 5.10 Å². The molecular weight excluding hydrogens is 242 g/mol. The Labute approximate surface area is 110 Å². The standard InChI is InChI=1S/C14H15N3O2/c1-2-7-19-11-4-5-12-10(8-11)3-6-13-16-15-9-14(18)17(12)13/h4-5,8-9H,2-3,6-7H2,1H3. The van der Waals surface area contributed by atoms with E-state index in [0.29, 0.717) is 6.61 Å². The molecule has 1 aliphatic rings. The highest BCUT2D eigenvalue weighted by Gasteiger charge is 2.18. The average Bonchev–Trinajstić information content (AvgIpc) is 2.44. The van der Waals surface area contributed by atoms with Gasteiger partial charge < -0.3 is 4.74 Å². The molecule has 2 heterocycles. The van der Waals surface area contributed by atoms with Gasteiger partial charge in [0, 0.05) is 6.42 Å². The van der Waals surface area contributed by atoms with Gasteiger partial charge in [-0.25, -0.2) is 0 Å². The number of fused-ring (bicyclic) bond motifs is 3. The Bertz CT molecular complexity index is 664. The van der Waals surface area contributed by atoms with Crippen LogP contribution in [0.15, 0.2) is 29.2 Å². The molecule has 0 saturated heterocycles. The van der Waals surface area contributed by atoms with Crippen molar-refractivity contribution in [2.75, 3.05) is 6.61 Å². The van der Waals surface area contributed by atoms with E-state index >= 15 is 0 Å². The van der Waals surface area contributed by atoms with E-state index in [1.807, 2.05) is 18.2 Å². The highest BCUT2D eigenvalue weighted by molar-refractivity contribution is 5.48. The quantitative estimate of drug-likeness (QED) is 0.836. The highest BCUT2D eigenvalue weighted by Crippen LogP contribution is 2.25. The number of nitrogens with zero attached hydrogens (tertiary/aromatic N) is 3. The third kappa shape index (κ3) is 2.12. The van der Waals surface area contributed by atoms with Crippen LogP contribution >= 0.6 is 0 Å². The SMILES string of the molecule is CCCOc1ccc2c(c1)CCc1nncc(=O)n1-2. The first-order chi connectivity index (χ1) is 9.29. The van der Waals surface area contributed by atoms with E-state index in [1.165, 1.54) is 6.20 Å². The van der Waals surface area contributed by atoms with E-state index in [9.17, 15) is 4.79 Å². The first-order valence-electron chi connectivity index (χ1n) is 6.49. The second-order valence-electron chi connectivity index (χ2n) is 4.57. The molecule has 0 radical (unpaired) electrons. The van der Waals surface area contributed by atoms with E-state index in [2.05, 4.69) is 17.1 Å². The summed E-state index contributed by atoms with van der Waals surface area (Å²) >= 11 is 0. The third-order valence-electron chi connectivity index (χ3n) is 3.20. The van der Waals surface area contributed by atoms with Gasteiger partial charge in [0.1, 0.15) is 17.8 Å². The Morgan fingerprint density at radius 2 is 2.26 bits per heavy atom. The zero-order valence-corrected chi connectivity index (χ0v) is 10.8. The van der Waals surface area contributed by atoms with E-state index in [-0.39, 0.29) is 5.56 Å². The molecule has 0 spiro atoms. The number of aryl methyl sites for hydroxylation is 2. The minimum atomic E-state index is -0.131. The van der Waals surface area contributed by atoms with Gasteiger partial charge in [0.2, 0.25) is 0 Å². The molecule has 5 heteroatoms. The fourth-order valence-electron chi connectivity index (χ4n) is 2.33. The Hall–Kier alpha value is -2.17. The van der Waals surface area contributed by atoms with Crippen molar-refractivity contribution in [2.24, 2.45) is 0 Å². The minimum Gasteiger partial charge on any atom is -0.494 e. The molecule has 98 valence electrons. The summed E-state index contributed by atoms with van der Waals surface area (Å²) in [5.74, 6) is 1.58. The third-order valence-corrected chi connectivity index (χ3v) is 3.20. The van der Waals surface area contributed by atoms with Crippen LogP contribution in [0.1, 0.15) is 24.7 Å². The summed E-state index contributed by atoms with van der Waals surface area (Å²) in [5, 5.41) is 7.75. The van der Waals surface area contributed by atoms with E-state index in [0.717, 1.165) is 42.1 Å². The maximum atomic E-state index is 11.9. The van der Waals surface area contributed by atoms with Crippen molar-refractivity contribution in [3.8, 4) is 11.4 Å². The molecule has 0 amide bonds. The molecular formula is C14H15N3O2. The first-order valence-corrected chi connectivity index (χ1v) is 6.49. The summed E-state index contributed by atoms with van der Waals surface area (Å²) in [6, 6.07) is 5.84. The number of hydrogen-bond acceptors (Lipinski definition) is 4. The van der Waals surface area contributed by atoms with Crippen LogP contribution in [0.2, 0.25) is 0 Å². The van der Waals surface area contributed by atoms with E-state index in [4.69, 9.17) is 4.74 Å². The number of benzene rings is 1. The lowest BCUT2D eigenvalue weighted by Crippen LogP contribution is -2.28. The predicted molar refractivity (Wildman–Crippen MR) is 70.8 cm³/mol. The fraction of sp³-hybridized carbons (Fsp3) is 0.357. The monoisotopic (exact) mass is 257 g/mol. The van der Waals surface area contributed by atoms with Gasteiger partial charge in [-0.3, -0.25) is 9.36 Å². The van der Waals surface area contributed by atoms with Crippen molar-refractivity contribution in [2.45, 2.75) is 26.2 Å². The van der Waals surface area contributed by atoms with Crippen molar-refractivity contribution < 1.29 is 4.74 Å². The van der Waals surface area contributed by atoms with Crippen LogP contribution in [0.25, 0.3) is 5.69 Å². The molecule has 0 saturated carbocycles. The molecule has 5 nitrogen and oxygen atoms in total. The molecule has 19 heavy (non-hydrogen) atoms. The molecule has 0 atom stereocenters. The molecule has 1 aromatic heterocycles. The molecule has 1 aliphatic heterocycles. The van der Waals surface area contributed by atoms with Gasteiger partial charge >= 0.3 is 0 Å². The summed E-state index contributed by atoms with van der Waals surface area (Å²) in [7, 11) is 0. The van der Waals surface area contributed by atoms with Crippen molar-refractivity contribution in [1.82, 2.24) is 14.8 Å². The van der Waals surface area contributed by atoms with Crippen LogP contribution in [0.4, 0.5) is 0 Å². The normalized spacial score (nSPS) is 12.7. The lowest BCUT2D eigenvalue weighted by Gasteiger charge is -2.20. The van der Waals surface area contributed by atoms with Gasteiger partial charge in [0.25, 0.3) is 5.56 Å². The summed E-state index contributed by atoms with van der Waals surface area (Å²) < 4.78 is 7.26. The summed E-state index contributed by atoms with van der Waals surface area (Å²) in [6.45, 7) is 2.79. The second-order valence-corrected chi connectivity index (χ2v) is 4.57. The Balaban J connectivity index is 2.05. The van der Waals surface area contributed by atoms with Crippen molar-refractivity contribution in [3.05, 3.63) is 46.1 Å². The number of hydrogen-bond donors (Lipinski definition) is 0. The molecule has 0 aliphatic carbocycles. The number of rotatable bonds is 3. The lowest BCUT2D eigenvalue weighted by atomic mass is 10.0. The van der Waals surface area contributed by atoms with Crippen molar-refractivity contribution in [3.63, 3.8) is 0 Å². The van der Waals surface area contributed by atoms with Crippen molar-refractivity contribution in [1.29, 1.82) is 0 Å². The van der Waals surface area contributed by atoms with E-state index in [1.54, 1.807) is 4.57 Å². The zero-order chi connectivity index (χ0) is 13.2. The van der Waals surface area contributed by atoms with Gasteiger partial charge in [-0.05, 0) is 36.6 Å². The van der Waals surface area contributed by atoms with Crippen LogP contribution < -0.4 is 10.3 Å². The van der Waals surface area contributed by atoms with Gasteiger partial charge in [-0.2, -0.15) is 5.10 Å². The number of aromatic nitrogens is 3. The molecule has 0 unspecified atom stereocenters. The van der Waals surface area contributed by atoms with Crippen molar-refractivity contribution >= 4 is 0 Å².